The molecular formula is C14H24N4O2. The lowest BCUT2D eigenvalue weighted by Gasteiger charge is -2.29. The second-order valence-corrected chi connectivity index (χ2v) is 5.40. The molecule has 1 aliphatic heterocycles. The van der Waals surface area contributed by atoms with Gasteiger partial charge in [0, 0.05) is 31.2 Å². The fourth-order valence-electron chi connectivity index (χ4n) is 2.83. The average molecular weight is 280 g/mol. The van der Waals surface area contributed by atoms with E-state index in [1.54, 1.807) is 6.26 Å². The number of furan rings is 1. The van der Waals surface area contributed by atoms with Crippen LogP contribution in [-0.4, -0.2) is 48.4 Å². The molecular weight excluding hydrogens is 256 g/mol. The molecule has 6 heteroatoms. The first-order valence-electron chi connectivity index (χ1n) is 7.15. The molecule has 0 spiro atoms. The fraction of sp³-hybridized carbons (Fsp3) is 0.643. The molecule has 1 saturated heterocycles. The zero-order chi connectivity index (χ0) is 14.5. The molecule has 1 fully saturated rings. The summed E-state index contributed by atoms with van der Waals surface area (Å²) in [6.45, 7) is 6.16. The van der Waals surface area contributed by atoms with Crippen LogP contribution in [0.5, 0.6) is 0 Å². The Labute approximate surface area is 119 Å². The maximum absolute atomic E-state index is 11.7. The summed E-state index contributed by atoms with van der Waals surface area (Å²) in [7, 11) is 2.16. The number of nitrogen functional groups attached to an aromatic ring is 1. The van der Waals surface area contributed by atoms with E-state index in [0.29, 0.717) is 11.8 Å². The van der Waals surface area contributed by atoms with Gasteiger partial charge >= 0.3 is 5.91 Å². The molecule has 0 aliphatic carbocycles. The van der Waals surface area contributed by atoms with Crippen LogP contribution < -0.4 is 11.3 Å². The lowest BCUT2D eigenvalue weighted by Crippen LogP contribution is -2.39. The molecule has 0 saturated carbocycles. The van der Waals surface area contributed by atoms with Gasteiger partial charge in [-0.25, -0.2) is 5.84 Å². The Morgan fingerprint density at radius 2 is 2.35 bits per heavy atom. The van der Waals surface area contributed by atoms with Crippen molar-refractivity contribution in [3.8, 4) is 0 Å². The molecule has 1 aromatic heterocycles. The monoisotopic (exact) mass is 280 g/mol. The van der Waals surface area contributed by atoms with Gasteiger partial charge in [0.2, 0.25) is 0 Å². The van der Waals surface area contributed by atoms with Crippen LogP contribution in [0.1, 0.15) is 35.9 Å². The van der Waals surface area contributed by atoms with Gasteiger partial charge in [-0.3, -0.25) is 15.1 Å². The van der Waals surface area contributed by atoms with Crippen molar-refractivity contribution in [2.75, 3.05) is 26.7 Å². The van der Waals surface area contributed by atoms with Gasteiger partial charge in [-0.05, 0) is 32.5 Å². The van der Waals surface area contributed by atoms with Gasteiger partial charge < -0.3 is 9.32 Å². The first-order valence-corrected chi connectivity index (χ1v) is 7.15. The predicted molar refractivity (Wildman–Crippen MR) is 77.0 cm³/mol. The van der Waals surface area contributed by atoms with E-state index in [4.69, 9.17) is 10.3 Å². The third kappa shape index (κ3) is 3.39. The van der Waals surface area contributed by atoms with Crippen LogP contribution in [0.4, 0.5) is 0 Å². The minimum atomic E-state index is -0.370. The van der Waals surface area contributed by atoms with Gasteiger partial charge in [0.05, 0.1) is 6.26 Å². The highest BCUT2D eigenvalue weighted by Crippen LogP contribution is 2.19. The lowest BCUT2D eigenvalue weighted by atomic mass is 10.1. The number of carbonyl (C=O) groups excluding carboxylic acids is 1. The van der Waals surface area contributed by atoms with Crippen LogP contribution in [0.2, 0.25) is 0 Å². The summed E-state index contributed by atoms with van der Waals surface area (Å²) in [6.07, 6.45) is 3.79. The maximum atomic E-state index is 11.7. The summed E-state index contributed by atoms with van der Waals surface area (Å²) in [6, 6.07) is 2.36. The molecule has 2 heterocycles. The largest absolute Gasteiger partial charge is 0.459 e. The van der Waals surface area contributed by atoms with E-state index in [9.17, 15) is 4.79 Å². The number of rotatable bonds is 4. The number of carbonyl (C=O) groups is 1. The smallest absolute Gasteiger partial charge is 0.301 e. The Kier molecular flexibility index (Phi) is 5.17. The van der Waals surface area contributed by atoms with Gasteiger partial charge in [-0.1, -0.05) is 6.92 Å². The number of hydrogen-bond donors (Lipinski definition) is 2. The van der Waals surface area contributed by atoms with Crippen molar-refractivity contribution in [1.29, 1.82) is 0 Å². The second kappa shape index (κ2) is 6.88. The number of hydrazine groups is 1. The number of nitrogens with one attached hydrogen (secondary N) is 1. The molecule has 0 radical (unpaired) electrons. The van der Waals surface area contributed by atoms with Crippen molar-refractivity contribution >= 4 is 5.91 Å². The van der Waals surface area contributed by atoms with Crippen LogP contribution in [0, 0.1) is 0 Å². The summed E-state index contributed by atoms with van der Waals surface area (Å²) in [5.74, 6) is 5.13. The van der Waals surface area contributed by atoms with Crippen molar-refractivity contribution in [3.63, 3.8) is 0 Å². The van der Waals surface area contributed by atoms with Gasteiger partial charge in [0.25, 0.3) is 0 Å². The van der Waals surface area contributed by atoms with Gasteiger partial charge in [0.15, 0.2) is 5.76 Å². The molecule has 20 heavy (non-hydrogen) atoms. The highest BCUT2D eigenvalue weighted by molar-refractivity contribution is 5.92. The molecule has 6 nitrogen and oxygen atoms in total. The number of nitrogens with zero attached hydrogens (tertiary/aromatic N) is 2. The SMILES string of the molecule is CCC1CN(C)CCCN1Cc1ccoc1C(=O)NN. The highest BCUT2D eigenvalue weighted by Gasteiger charge is 2.24. The van der Waals surface area contributed by atoms with Crippen LogP contribution in [0.15, 0.2) is 16.7 Å². The van der Waals surface area contributed by atoms with Crippen molar-refractivity contribution < 1.29 is 9.21 Å². The first kappa shape index (κ1) is 15.0. The van der Waals surface area contributed by atoms with Crippen LogP contribution in [0.3, 0.4) is 0 Å². The van der Waals surface area contributed by atoms with Crippen molar-refractivity contribution in [1.82, 2.24) is 15.2 Å². The summed E-state index contributed by atoms with van der Waals surface area (Å²) < 4.78 is 5.25. The van der Waals surface area contributed by atoms with E-state index < -0.39 is 0 Å². The molecule has 0 bridgehead atoms. The van der Waals surface area contributed by atoms with E-state index in [1.165, 1.54) is 0 Å². The predicted octanol–water partition coefficient (Wildman–Crippen LogP) is 0.799. The lowest BCUT2D eigenvalue weighted by molar-refractivity contribution is 0.0921. The molecule has 1 atom stereocenters. The Balaban J connectivity index is 2.11. The Bertz CT molecular complexity index is 446. The number of hydrogen-bond acceptors (Lipinski definition) is 5. The fourth-order valence-corrected chi connectivity index (χ4v) is 2.83. The van der Waals surface area contributed by atoms with Crippen molar-refractivity contribution in [3.05, 3.63) is 23.7 Å². The summed E-state index contributed by atoms with van der Waals surface area (Å²) >= 11 is 0. The Morgan fingerprint density at radius 1 is 1.55 bits per heavy atom. The average Bonchev–Trinajstić information content (AvgIpc) is 2.83. The first-order chi connectivity index (χ1) is 9.65. The Hall–Kier alpha value is -1.37. The molecule has 1 unspecified atom stereocenters. The van der Waals surface area contributed by atoms with Crippen LogP contribution >= 0.6 is 0 Å². The zero-order valence-corrected chi connectivity index (χ0v) is 12.3. The summed E-state index contributed by atoms with van der Waals surface area (Å²) in [5.41, 5.74) is 3.03. The summed E-state index contributed by atoms with van der Waals surface area (Å²) in [4.78, 5) is 16.5. The minimum absolute atomic E-state index is 0.319. The molecule has 2 rings (SSSR count). The van der Waals surface area contributed by atoms with Crippen molar-refractivity contribution in [2.45, 2.75) is 32.4 Å². The molecule has 1 aromatic rings. The zero-order valence-electron chi connectivity index (χ0n) is 12.3. The maximum Gasteiger partial charge on any atom is 0.301 e. The van der Waals surface area contributed by atoms with E-state index in [2.05, 4.69) is 29.2 Å². The van der Waals surface area contributed by atoms with E-state index in [0.717, 1.165) is 44.6 Å². The van der Waals surface area contributed by atoms with E-state index in [-0.39, 0.29) is 5.91 Å². The second-order valence-electron chi connectivity index (χ2n) is 5.40. The third-order valence-electron chi connectivity index (χ3n) is 3.95. The molecule has 0 aromatic carbocycles. The van der Waals surface area contributed by atoms with Gasteiger partial charge in [0.1, 0.15) is 0 Å². The topological polar surface area (TPSA) is 74.7 Å². The van der Waals surface area contributed by atoms with E-state index >= 15 is 0 Å². The number of nitrogens with two attached hydrogens (primary N) is 1. The summed E-state index contributed by atoms with van der Waals surface area (Å²) in [5, 5.41) is 0. The van der Waals surface area contributed by atoms with E-state index in [1.807, 2.05) is 6.07 Å². The quantitative estimate of drug-likeness (QED) is 0.485. The Morgan fingerprint density at radius 3 is 3.05 bits per heavy atom. The minimum Gasteiger partial charge on any atom is -0.459 e. The van der Waals surface area contributed by atoms with Crippen LogP contribution in [0.25, 0.3) is 0 Å². The normalized spacial score (nSPS) is 21.6. The molecule has 112 valence electrons. The van der Waals surface area contributed by atoms with Gasteiger partial charge in [-0.2, -0.15) is 0 Å². The number of amides is 1. The standard InChI is InChI=1S/C14H24N4O2/c1-3-12-10-17(2)6-4-7-18(12)9-11-5-8-20-13(11)14(19)16-15/h5,8,12H,3-4,6-7,9-10,15H2,1-2H3,(H,16,19). The number of likely N-dealkylation sites (N-methyl/N-ethyl adjacent to an activating group) is 1. The van der Waals surface area contributed by atoms with Crippen LogP contribution in [-0.2, 0) is 6.54 Å². The highest BCUT2D eigenvalue weighted by atomic mass is 16.3. The third-order valence-corrected chi connectivity index (χ3v) is 3.95. The molecule has 1 aliphatic rings. The molecule has 1 amide bonds. The van der Waals surface area contributed by atoms with Crippen molar-refractivity contribution in [2.24, 2.45) is 5.84 Å². The van der Waals surface area contributed by atoms with Gasteiger partial charge in [-0.15, -0.1) is 0 Å². The molecule has 3 N–H and O–H groups in total.